The summed E-state index contributed by atoms with van der Waals surface area (Å²) in [6, 6.07) is 10.8. The fraction of sp³-hybridized carbons (Fsp3) is 0.125. The van der Waals surface area contributed by atoms with Crippen molar-refractivity contribution in [3.8, 4) is 0 Å². The summed E-state index contributed by atoms with van der Waals surface area (Å²) in [5.41, 5.74) is 1.10. The molecule has 1 aliphatic rings. The number of amides is 1. The zero-order chi connectivity index (χ0) is 15.9. The van der Waals surface area contributed by atoms with E-state index >= 15 is 0 Å². The number of anilines is 1. The van der Waals surface area contributed by atoms with E-state index in [-0.39, 0.29) is 17.1 Å². The van der Waals surface area contributed by atoms with Gasteiger partial charge in [-0.1, -0.05) is 35.9 Å². The Morgan fingerprint density at radius 2 is 1.91 bits per heavy atom. The highest BCUT2D eigenvalue weighted by Crippen LogP contribution is 2.37. The lowest BCUT2D eigenvalue weighted by Gasteiger charge is -2.18. The molecule has 22 heavy (non-hydrogen) atoms. The average molecular weight is 320 g/mol. The van der Waals surface area contributed by atoms with Gasteiger partial charge >= 0.3 is 5.97 Å². The third kappa shape index (κ3) is 2.23. The van der Waals surface area contributed by atoms with Gasteiger partial charge in [-0.3, -0.25) is 9.59 Å². The number of hydrogen-bond donors (Lipinski definition) is 1. The lowest BCUT2D eigenvalue weighted by atomic mass is 10.0. The molecule has 0 spiro atoms. The van der Waals surface area contributed by atoms with Gasteiger partial charge in [-0.05, 0) is 23.8 Å². The number of rotatable bonds is 2. The highest BCUT2D eigenvalue weighted by atomic mass is 35.5. The molecule has 1 aliphatic heterocycles. The maximum atomic E-state index is 13.5. The van der Waals surface area contributed by atoms with Crippen LogP contribution in [0.5, 0.6) is 0 Å². The third-order valence-electron chi connectivity index (χ3n) is 3.69. The maximum absolute atomic E-state index is 13.5. The van der Waals surface area contributed by atoms with Gasteiger partial charge in [0.1, 0.15) is 11.7 Å². The van der Waals surface area contributed by atoms with Crippen LogP contribution in [0.15, 0.2) is 42.5 Å². The van der Waals surface area contributed by atoms with Crippen LogP contribution in [-0.4, -0.2) is 23.5 Å². The first-order valence-corrected chi connectivity index (χ1v) is 6.96. The van der Waals surface area contributed by atoms with Gasteiger partial charge in [0, 0.05) is 12.2 Å². The zero-order valence-corrected chi connectivity index (χ0v) is 12.0. The summed E-state index contributed by atoms with van der Waals surface area (Å²) in [6.45, 7) is 0.000353. The van der Waals surface area contributed by atoms with Gasteiger partial charge < -0.3 is 10.0 Å². The number of para-hydroxylation sites is 1. The average Bonchev–Trinajstić information content (AvgIpc) is 2.89. The third-order valence-corrected chi connectivity index (χ3v) is 4.08. The standard InChI is InChI=1S/C16H11ClFNO3/c17-14-10(5-3-6-12(14)18)15(20)19-8-11(16(21)22)9-4-1-2-7-13(9)19/h1-7,11H,8H2,(H,21,22)/t11-/m1/s1. The first-order valence-electron chi connectivity index (χ1n) is 6.58. The van der Waals surface area contributed by atoms with E-state index in [9.17, 15) is 19.1 Å². The number of hydrogen-bond acceptors (Lipinski definition) is 2. The van der Waals surface area contributed by atoms with Crippen molar-refractivity contribution in [3.05, 3.63) is 64.4 Å². The van der Waals surface area contributed by atoms with Gasteiger partial charge in [-0.2, -0.15) is 0 Å². The fourth-order valence-corrected chi connectivity index (χ4v) is 2.83. The Morgan fingerprint density at radius 3 is 2.64 bits per heavy atom. The second-order valence-corrected chi connectivity index (χ2v) is 5.34. The molecule has 112 valence electrons. The Labute approximate surface area is 130 Å². The lowest BCUT2D eigenvalue weighted by Crippen LogP contribution is -2.31. The Hall–Kier alpha value is -2.40. The molecule has 2 aromatic carbocycles. The van der Waals surface area contributed by atoms with Crippen LogP contribution in [0.4, 0.5) is 10.1 Å². The molecule has 1 heterocycles. The van der Waals surface area contributed by atoms with E-state index in [1.54, 1.807) is 24.3 Å². The van der Waals surface area contributed by atoms with Gasteiger partial charge in [-0.25, -0.2) is 4.39 Å². The summed E-state index contributed by atoms with van der Waals surface area (Å²) < 4.78 is 13.5. The topological polar surface area (TPSA) is 57.6 Å². The molecular weight excluding hydrogens is 309 g/mol. The summed E-state index contributed by atoms with van der Waals surface area (Å²) in [5.74, 6) is -3.00. The Morgan fingerprint density at radius 1 is 1.18 bits per heavy atom. The van der Waals surface area contributed by atoms with Crippen LogP contribution in [0.25, 0.3) is 0 Å². The van der Waals surface area contributed by atoms with E-state index in [1.807, 2.05) is 0 Å². The molecule has 4 nitrogen and oxygen atoms in total. The molecule has 0 aliphatic carbocycles. The number of aliphatic carboxylic acids is 1. The van der Waals surface area contributed by atoms with Crippen molar-refractivity contribution in [2.75, 3.05) is 11.4 Å². The van der Waals surface area contributed by atoms with Crippen molar-refractivity contribution in [1.82, 2.24) is 0 Å². The first-order chi connectivity index (χ1) is 10.5. The molecular formula is C16H11ClFNO3. The van der Waals surface area contributed by atoms with Crippen molar-refractivity contribution in [2.24, 2.45) is 0 Å². The Balaban J connectivity index is 2.04. The molecule has 0 aromatic heterocycles. The van der Waals surface area contributed by atoms with Crippen LogP contribution in [-0.2, 0) is 4.79 Å². The molecule has 1 atom stereocenters. The predicted molar refractivity (Wildman–Crippen MR) is 79.9 cm³/mol. The second-order valence-electron chi connectivity index (χ2n) is 4.97. The molecule has 6 heteroatoms. The molecule has 0 bridgehead atoms. The summed E-state index contributed by atoms with van der Waals surface area (Å²) in [5, 5.41) is 9.04. The number of carboxylic acids is 1. The Bertz CT molecular complexity index is 778. The van der Waals surface area contributed by atoms with Crippen molar-refractivity contribution in [3.63, 3.8) is 0 Å². The van der Waals surface area contributed by atoms with Crippen LogP contribution in [0, 0.1) is 5.82 Å². The quantitative estimate of drug-likeness (QED) is 0.924. The summed E-state index contributed by atoms with van der Waals surface area (Å²) in [6.07, 6.45) is 0. The van der Waals surface area contributed by atoms with E-state index < -0.39 is 23.6 Å². The molecule has 0 saturated heterocycles. The van der Waals surface area contributed by atoms with Crippen LogP contribution < -0.4 is 4.90 Å². The van der Waals surface area contributed by atoms with E-state index in [4.69, 9.17) is 11.6 Å². The Kier molecular flexibility index (Phi) is 3.58. The van der Waals surface area contributed by atoms with E-state index in [2.05, 4.69) is 0 Å². The zero-order valence-electron chi connectivity index (χ0n) is 11.3. The normalized spacial score (nSPS) is 16.5. The molecule has 0 radical (unpaired) electrons. The van der Waals surface area contributed by atoms with Crippen molar-refractivity contribution < 1.29 is 19.1 Å². The van der Waals surface area contributed by atoms with Crippen molar-refractivity contribution in [1.29, 1.82) is 0 Å². The monoisotopic (exact) mass is 319 g/mol. The minimum atomic E-state index is -1.01. The fourth-order valence-electron chi connectivity index (χ4n) is 2.63. The predicted octanol–water partition coefficient (Wildman–Crippen LogP) is 3.31. The van der Waals surface area contributed by atoms with Crippen LogP contribution >= 0.6 is 11.6 Å². The summed E-state index contributed by atoms with van der Waals surface area (Å²) in [7, 11) is 0. The highest BCUT2D eigenvalue weighted by Gasteiger charge is 2.37. The van der Waals surface area contributed by atoms with Crippen LogP contribution in [0.3, 0.4) is 0 Å². The van der Waals surface area contributed by atoms with Crippen LogP contribution in [0.2, 0.25) is 5.02 Å². The smallest absolute Gasteiger partial charge is 0.312 e. The maximum Gasteiger partial charge on any atom is 0.312 e. The SMILES string of the molecule is O=C(O)[C@@H]1CN(C(=O)c2cccc(F)c2Cl)c2ccccc21. The number of nitrogens with zero attached hydrogens (tertiary/aromatic N) is 1. The number of carbonyl (C=O) groups excluding carboxylic acids is 1. The molecule has 1 amide bonds. The van der Waals surface area contributed by atoms with E-state index in [1.165, 1.54) is 17.0 Å². The van der Waals surface area contributed by atoms with Crippen LogP contribution in [0.1, 0.15) is 21.8 Å². The summed E-state index contributed by atoms with van der Waals surface area (Å²) >= 11 is 5.85. The highest BCUT2D eigenvalue weighted by molar-refractivity contribution is 6.34. The molecule has 0 saturated carbocycles. The minimum Gasteiger partial charge on any atom is -0.481 e. The van der Waals surface area contributed by atoms with Gasteiger partial charge in [0.05, 0.1) is 10.6 Å². The first kappa shape index (κ1) is 14.5. The van der Waals surface area contributed by atoms with Gasteiger partial charge in [0.15, 0.2) is 0 Å². The molecule has 0 unspecified atom stereocenters. The number of fused-ring (bicyclic) bond motifs is 1. The summed E-state index contributed by atoms with van der Waals surface area (Å²) in [4.78, 5) is 25.3. The van der Waals surface area contributed by atoms with Gasteiger partial charge in [-0.15, -0.1) is 0 Å². The lowest BCUT2D eigenvalue weighted by molar-refractivity contribution is -0.138. The second kappa shape index (κ2) is 5.42. The molecule has 3 rings (SSSR count). The number of halogens is 2. The molecule has 0 fully saturated rings. The molecule has 2 aromatic rings. The molecule has 1 N–H and O–H groups in total. The number of carbonyl (C=O) groups is 2. The van der Waals surface area contributed by atoms with E-state index in [0.29, 0.717) is 11.3 Å². The van der Waals surface area contributed by atoms with E-state index in [0.717, 1.165) is 6.07 Å². The number of carboxylic acid groups (broad SMARTS) is 1. The van der Waals surface area contributed by atoms with Gasteiger partial charge in [0.25, 0.3) is 5.91 Å². The van der Waals surface area contributed by atoms with Crippen molar-refractivity contribution in [2.45, 2.75) is 5.92 Å². The largest absolute Gasteiger partial charge is 0.481 e. The minimum absolute atomic E-state index is 0.000353. The van der Waals surface area contributed by atoms with Gasteiger partial charge in [0.2, 0.25) is 0 Å². The number of benzene rings is 2. The van der Waals surface area contributed by atoms with Crippen molar-refractivity contribution >= 4 is 29.2 Å².